The number of nitrogens with one attached hydrogen (secondary N) is 1. The van der Waals surface area contributed by atoms with Gasteiger partial charge in [0, 0.05) is 24.6 Å². The molecule has 0 bridgehead atoms. The van der Waals surface area contributed by atoms with Crippen molar-refractivity contribution in [3.05, 3.63) is 12.0 Å². The van der Waals surface area contributed by atoms with Gasteiger partial charge in [-0.05, 0) is 27.7 Å². The van der Waals surface area contributed by atoms with E-state index in [-0.39, 0.29) is 23.7 Å². The summed E-state index contributed by atoms with van der Waals surface area (Å²) in [7, 11) is -16.2. The highest BCUT2D eigenvalue weighted by Gasteiger charge is 2.52. The monoisotopic (exact) mass is 776 g/mol. The first-order valence-electron chi connectivity index (χ1n) is 14.9. The number of fused-ring (bicyclic) bond motifs is 1. The van der Waals surface area contributed by atoms with Gasteiger partial charge >= 0.3 is 23.5 Å². The van der Waals surface area contributed by atoms with Crippen molar-refractivity contribution in [2.24, 2.45) is 15.6 Å². The van der Waals surface area contributed by atoms with E-state index in [0.29, 0.717) is 12.1 Å². The molecule has 0 saturated carbocycles. The van der Waals surface area contributed by atoms with Crippen molar-refractivity contribution in [2.75, 3.05) is 25.5 Å². The number of amides is 1. The number of aromatic nitrogens is 2. The number of anilines is 1. The molecule has 1 fully saturated rings. The summed E-state index contributed by atoms with van der Waals surface area (Å²) >= 11 is 0. The third kappa shape index (κ3) is 12.2. The molecule has 8 atom stereocenters. The standard InChI is InChI=1S/C25H43N6O16P3/c1-13(31-46-24(2,3)4)7-8-27-23(34)21(33)25(5,6)11-43-50(40,41)47-49(38,39)42-10-15-20(45-48(35,36)37)18(32)19(44-15)14-9-28-17-16(14)29-12-30-22(17)26/h9,12,14-15,18-21,32-33H,7-8,10-11H2,1-6H3,(H,27,34)(H,38,39)(H,40,41)(H2,26,29,30)(H2,35,36,37)/b31-13+/t14?,15?,18?,19?,20?,21-/m1/s1. The molecule has 25 heteroatoms. The van der Waals surface area contributed by atoms with E-state index in [9.17, 15) is 48.3 Å². The largest absolute Gasteiger partial charge is 0.481 e. The number of hydrogen-bond acceptors (Lipinski definition) is 17. The molecule has 0 aromatic carbocycles. The Hall–Kier alpha value is -2.26. The van der Waals surface area contributed by atoms with Gasteiger partial charge in [0.05, 0.1) is 30.5 Å². The molecule has 22 nitrogen and oxygen atoms in total. The van der Waals surface area contributed by atoms with Crippen LogP contribution in [0.15, 0.2) is 16.5 Å². The van der Waals surface area contributed by atoms with E-state index < -0.39 is 90.0 Å². The molecule has 7 unspecified atom stereocenters. The highest BCUT2D eigenvalue weighted by atomic mass is 31.3. The Morgan fingerprint density at radius 1 is 1.10 bits per heavy atom. The average molecular weight is 777 g/mol. The number of oxime groups is 1. The summed E-state index contributed by atoms with van der Waals surface area (Å²) in [6.45, 7) is 7.92. The lowest BCUT2D eigenvalue weighted by Gasteiger charge is -2.30. The minimum Gasteiger partial charge on any atom is -0.390 e. The number of aliphatic imine (C=N–C) groups is 1. The van der Waals surface area contributed by atoms with E-state index in [2.05, 4.69) is 34.3 Å². The van der Waals surface area contributed by atoms with Crippen LogP contribution in [-0.2, 0) is 45.9 Å². The van der Waals surface area contributed by atoms with Gasteiger partial charge in [-0.25, -0.2) is 23.7 Å². The van der Waals surface area contributed by atoms with Crippen LogP contribution in [-0.4, -0.2) is 113 Å². The number of nitrogens with zero attached hydrogens (tertiary/aromatic N) is 4. The van der Waals surface area contributed by atoms with Crippen LogP contribution in [0.1, 0.15) is 59.6 Å². The van der Waals surface area contributed by atoms with Crippen LogP contribution in [0.4, 0.5) is 11.5 Å². The highest BCUT2D eigenvalue weighted by molar-refractivity contribution is 7.61. The zero-order valence-electron chi connectivity index (χ0n) is 27.9. The van der Waals surface area contributed by atoms with E-state index in [1.165, 1.54) is 20.1 Å². The van der Waals surface area contributed by atoms with Gasteiger partial charge < -0.3 is 50.4 Å². The Labute approximate surface area is 286 Å². The number of carbonyl (C=O) groups is 1. The molecule has 1 amide bonds. The van der Waals surface area contributed by atoms with Gasteiger partial charge in [-0.1, -0.05) is 19.0 Å². The quantitative estimate of drug-likeness (QED) is 0.0616. The van der Waals surface area contributed by atoms with E-state index in [4.69, 9.17) is 24.4 Å². The molecular weight excluding hydrogens is 733 g/mol. The van der Waals surface area contributed by atoms with Crippen LogP contribution >= 0.6 is 23.5 Å². The Balaban J connectivity index is 1.58. The second-order valence-electron chi connectivity index (χ2n) is 13.0. The van der Waals surface area contributed by atoms with Crippen LogP contribution in [0.3, 0.4) is 0 Å². The molecule has 0 aliphatic carbocycles. The molecule has 0 spiro atoms. The molecule has 284 valence electrons. The van der Waals surface area contributed by atoms with Crippen LogP contribution in [0.25, 0.3) is 0 Å². The van der Waals surface area contributed by atoms with Crippen molar-refractivity contribution in [1.29, 1.82) is 0 Å². The van der Waals surface area contributed by atoms with Crippen molar-refractivity contribution in [3.8, 4) is 0 Å². The Bertz CT molecular complexity index is 1580. The second-order valence-corrected chi connectivity index (χ2v) is 17.3. The summed E-state index contributed by atoms with van der Waals surface area (Å²) in [5.74, 6) is -1.76. The third-order valence-corrected chi connectivity index (χ3v) is 10.1. The molecule has 2 aliphatic rings. The number of phosphoric ester groups is 3. The molecule has 0 radical (unpaired) electrons. The number of aliphatic hydroxyl groups excluding tert-OH is 2. The topological polar surface area (TPSA) is 334 Å². The highest BCUT2D eigenvalue weighted by Crippen LogP contribution is 2.61. The van der Waals surface area contributed by atoms with Gasteiger partial charge in [-0.3, -0.25) is 23.4 Å². The Morgan fingerprint density at radius 3 is 2.36 bits per heavy atom. The maximum Gasteiger partial charge on any atom is 0.481 e. The molecule has 1 aromatic rings. The maximum absolute atomic E-state index is 12.6. The molecule has 1 aromatic heterocycles. The van der Waals surface area contributed by atoms with E-state index in [0.717, 1.165) is 6.33 Å². The number of nitrogen functional groups attached to an aromatic ring is 1. The molecule has 2 aliphatic heterocycles. The fourth-order valence-electron chi connectivity index (χ4n) is 4.49. The number of ether oxygens (including phenoxy) is 1. The third-order valence-electron chi connectivity index (χ3n) is 7.00. The Kier molecular flexibility index (Phi) is 13.6. The van der Waals surface area contributed by atoms with Gasteiger partial charge in [0.15, 0.2) is 5.82 Å². The predicted molar refractivity (Wildman–Crippen MR) is 173 cm³/mol. The van der Waals surface area contributed by atoms with E-state index >= 15 is 0 Å². The molecule has 3 heterocycles. The molecule has 50 heavy (non-hydrogen) atoms. The summed E-state index contributed by atoms with van der Waals surface area (Å²) < 4.78 is 61.1. The number of rotatable bonds is 17. The lowest BCUT2D eigenvalue weighted by atomic mass is 9.87. The first-order chi connectivity index (χ1) is 22.8. The zero-order valence-corrected chi connectivity index (χ0v) is 30.6. The number of carbonyl (C=O) groups excluding carboxylic acids is 1. The predicted octanol–water partition coefficient (Wildman–Crippen LogP) is 0.800. The van der Waals surface area contributed by atoms with Crippen molar-refractivity contribution >= 4 is 52.8 Å². The van der Waals surface area contributed by atoms with Gasteiger partial charge in [0.1, 0.15) is 48.1 Å². The molecule has 3 rings (SSSR count). The van der Waals surface area contributed by atoms with Crippen LogP contribution in [0, 0.1) is 5.41 Å². The second kappa shape index (κ2) is 16.2. The van der Waals surface area contributed by atoms with Crippen LogP contribution < -0.4 is 11.1 Å². The summed E-state index contributed by atoms with van der Waals surface area (Å²) in [5, 5.41) is 27.9. The van der Waals surface area contributed by atoms with Crippen molar-refractivity contribution in [1.82, 2.24) is 15.3 Å². The number of phosphoric acid groups is 3. The summed E-state index contributed by atoms with van der Waals surface area (Å²) in [4.78, 5) is 68.9. The van der Waals surface area contributed by atoms with E-state index in [1.54, 1.807) is 6.92 Å². The fraction of sp³-hybridized carbons (Fsp3) is 0.720. The van der Waals surface area contributed by atoms with Crippen molar-refractivity contribution < 1.29 is 75.7 Å². The molecule has 9 N–H and O–H groups in total. The molecule has 1 saturated heterocycles. The SMILES string of the molecule is C/C(CCNC(=O)[C@@H](O)C(C)(C)COP(=O)(O)OP(=O)(O)OCC1OC(C2C=Nc3c(N)ncnc32)C(O)C1OP(=O)(O)O)=N\OC(C)(C)C. The zero-order chi connectivity index (χ0) is 37.9. The van der Waals surface area contributed by atoms with E-state index in [1.807, 2.05) is 20.8 Å². The van der Waals surface area contributed by atoms with Gasteiger partial charge in [0.2, 0.25) is 5.91 Å². The van der Waals surface area contributed by atoms with Crippen molar-refractivity contribution in [3.63, 3.8) is 0 Å². The first-order valence-corrected chi connectivity index (χ1v) is 19.4. The smallest absolute Gasteiger partial charge is 0.390 e. The lowest BCUT2D eigenvalue weighted by molar-refractivity contribution is -0.136. The van der Waals surface area contributed by atoms with Crippen molar-refractivity contribution in [2.45, 2.75) is 90.0 Å². The fourth-order valence-corrected chi connectivity index (χ4v) is 7.32. The summed E-state index contributed by atoms with van der Waals surface area (Å²) in [6, 6.07) is 0. The number of aliphatic hydroxyl groups is 2. The summed E-state index contributed by atoms with van der Waals surface area (Å²) in [6.07, 6.45) is -5.69. The number of nitrogens with two attached hydrogens (primary N) is 1. The average Bonchev–Trinajstić information content (AvgIpc) is 3.53. The van der Waals surface area contributed by atoms with Crippen LogP contribution in [0.5, 0.6) is 0 Å². The van der Waals surface area contributed by atoms with Gasteiger partial charge in [-0.2, -0.15) is 4.31 Å². The van der Waals surface area contributed by atoms with Crippen LogP contribution in [0.2, 0.25) is 0 Å². The van der Waals surface area contributed by atoms with Gasteiger partial charge in [-0.15, -0.1) is 0 Å². The van der Waals surface area contributed by atoms with Gasteiger partial charge in [0.25, 0.3) is 0 Å². The maximum atomic E-state index is 12.6. The summed E-state index contributed by atoms with van der Waals surface area (Å²) in [5.41, 5.74) is 4.71. The number of hydrogen-bond donors (Lipinski definition) is 8. The normalized spacial score (nSPS) is 25.8. The Morgan fingerprint density at radius 2 is 1.74 bits per heavy atom. The first kappa shape index (κ1) is 42.2. The lowest BCUT2D eigenvalue weighted by Crippen LogP contribution is -2.46. The minimum absolute atomic E-state index is 0.0122. The molecular formula is C25H43N6O16P3. The minimum atomic E-state index is -5.51.